The molecule has 0 aliphatic heterocycles. The van der Waals surface area contributed by atoms with Crippen LogP contribution in [0.25, 0.3) is 0 Å². The highest BCUT2D eigenvalue weighted by molar-refractivity contribution is 7.99. The van der Waals surface area contributed by atoms with E-state index in [4.69, 9.17) is 17.3 Å². The van der Waals surface area contributed by atoms with Crippen molar-refractivity contribution in [2.75, 3.05) is 12.3 Å². The summed E-state index contributed by atoms with van der Waals surface area (Å²) in [5, 5.41) is 3.62. The third-order valence-electron chi connectivity index (χ3n) is 2.33. The number of benzene rings is 1. The maximum Gasteiger partial charge on any atom is 0.220 e. The van der Waals surface area contributed by atoms with Crippen LogP contribution in [0.5, 0.6) is 0 Å². The summed E-state index contributed by atoms with van der Waals surface area (Å²) in [7, 11) is 0. The first-order valence-electron chi connectivity index (χ1n) is 5.98. The number of carbonyl (C=O) groups is 1. The SMILES string of the molecule is CC(N)CCC(=O)NCCSc1ccc(Cl)cc1. The topological polar surface area (TPSA) is 55.1 Å². The molecule has 3 N–H and O–H groups in total. The maximum atomic E-state index is 11.4. The van der Waals surface area contributed by atoms with Crippen molar-refractivity contribution >= 4 is 29.3 Å². The van der Waals surface area contributed by atoms with Gasteiger partial charge in [-0.2, -0.15) is 0 Å². The van der Waals surface area contributed by atoms with Gasteiger partial charge < -0.3 is 11.1 Å². The van der Waals surface area contributed by atoms with Crippen LogP contribution in [0.1, 0.15) is 19.8 Å². The van der Waals surface area contributed by atoms with Crippen LogP contribution in [0.4, 0.5) is 0 Å². The number of hydrogen-bond acceptors (Lipinski definition) is 3. The Morgan fingerprint density at radius 2 is 2.11 bits per heavy atom. The predicted molar refractivity (Wildman–Crippen MR) is 78.1 cm³/mol. The van der Waals surface area contributed by atoms with E-state index >= 15 is 0 Å². The van der Waals surface area contributed by atoms with Gasteiger partial charge in [-0.05, 0) is 37.6 Å². The number of hydrogen-bond donors (Lipinski definition) is 2. The van der Waals surface area contributed by atoms with Crippen molar-refractivity contribution in [3.8, 4) is 0 Å². The molecule has 1 atom stereocenters. The molecular formula is C13H19ClN2OS. The minimum atomic E-state index is 0.0732. The average Bonchev–Trinajstić information content (AvgIpc) is 2.34. The fraction of sp³-hybridized carbons (Fsp3) is 0.462. The molecule has 0 spiro atoms. The number of amides is 1. The molecule has 1 amide bonds. The van der Waals surface area contributed by atoms with E-state index in [2.05, 4.69) is 5.32 Å². The van der Waals surface area contributed by atoms with Crippen molar-refractivity contribution in [1.29, 1.82) is 0 Å². The van der Waals surface area contributed by atoms with Crippen molar-refractivity contribution in [3.63, 3.8) is 0 Å². The van der Waals surface area contributed by atoms with Gasteiger partial charge in [0, 0.05) is 34.7 Å². The number of halogens is 1. The average molecular weight is 287 g/mol. The van der Waals surface area contributed by atoms with Gasteiger partial charge in [-0.15, -0.1) is 11.8 Å². The van der Waals surface area contributed by atoms with Crippen molar-refractivity contribution in [2.45, 2.75) is 30.7 Å². The minimum absolute atomic E-state index is 0.0732. The first-order chi connectivity index (χ1) is 8.58. The molecule has 5 heteroatoms. The Labute approximate surface area is 117 Å². The second-order valence-corrected chi connectivity index (χ2v) is 5.77. The van der Waals surface area contributed by atoms with Gasteiger partial charge in [-0.3, -0.25) is 4.79 Å². The highest BCUT2D eigenvalue weighted by atomic mass is 35.5. The van der Waals surface area contributed by atoms with Crippen LogP contribution >= 0.6 is 23.4 Å². The quantitative estimate of drug-likeness (QED) is 0.598. The number of nitrogens with two attached hydrogens (primary N) is 1. The van der Waals surface area contributed by atoms with Crippen LogP contribution in [0, 0.1) is 0 Å². The van der Waals surface area contributed by atoms with Gasteiger partial charge in [-0.1, -0.05) is 11.6 Å². The van der Waals surface area contributed by atoms with Crippen LogP contribution in [0.2, 0.25) is 5.02 Å². The Bertz CT molecular complexity index is 368. The predicted octanol–water partition coefficient (Wildman–Crippen LogP) is 2.68. The zero-order valence-corrected chi connectivity index (χ0v) is 12.1. The third kappa shape index (κ3) is 6.89. The van der Waals surface area contributed by atoms with Crippen molar-refractivity contribution in [2.24, 2.45) is 5.73 Å². The van der Waals surface area contributed by atoms with Crippen molar-refractivity contribution in [1.82, 2.24) is 5.32 Å². The molecule has 0 heterocycles. The van der Waals surface area contributed by atoms with Gasteiger partial charge in [-0.25, -0.2) is 0 Å². The van der Waals surface area contributed by atoms with Crippen LogP contribution in [-0.4, -0.2) is 24.2 Å². The monoisotopic (exact) mass is 286 g/mol. The highest BCUT2D eigenvalue weighted by Gasteiger charge is 2.02. The van der Waals surface area contributed by atoms with Gasteiger partial charge in [0.1, 0.15) is 0 Å². The Hall–Kier alpha value is -0.710. The summed E-state index contributed by atoms with van der Waals surface area (Å²) in [6.45, 7) is 2.58. The van der Waals surface area contributed by atoms with Gasteiger partial charge >= 0.3 is 0 Å². The van der Waals surface area contributed by atoms with E-state index in [0.717, 1.165) is 22.1 Å². The van der Waals surface area contributed by atoms with E-state index in [9.17, 15) is 4.79 Å². The van der Waals surface area contributed by atoms with Crippen molar-refractivity contribution in [3.05, 3.63) is 29.3 Å². The zero-order chi connectivity index (χ0) is 13.4. The zero-order valence-electron chi connectivity index (χ0n) is 10.5. The second-order valence-electron chi connectivity index (χ2n) is 4.17. The van der Waals surface area contributed by atoms with E-state index in [1.165, 1.54) is 0 Å². The molecule has 0 saturated carbocycles. The normalized spacial score (nSPS) is 12.2. The molecule has 0 aromatic heterocycles. The smallest absolute Gasteiger partial charge is 0.220 e. The summed E-state index contributed by atoms with van der Waals surface area (Å²) in [6.07, 6.45) is 1.24. The summed E-state index contributed by atoms with van der Waals surface area (Å²) in [4.78, 5) is 12.6. The Kier molecular flexibility index (Phi) is 7.16. The standard InChI is InChI=1S/C13H19ClN2OS/c1-10(15)2-7-13(17)16-8-9-18-12-5-3-11(14)4-6-12/h3-6,10H,2,7-9,15H2,1H3,(H,16,17). The molecule has 18 heavy (non-hydrogen) atoms. The largest absolute Gasteiger partial charge is 0.355 e. The van der Waals surface area contributed by atoms with Gasteiger partial charge in [0.15, 0.2) is 0 Å². The molecule has 1 unspecified atom stereocenters. The summed E-state index contributed by atoms with van der Waals surface area (Å²) < 4.78 is 0. The second kappa shape index (κ2) is 8.40. The summed E-state index contributed by atoms with van der Waals surface area (Å²) >= 11 is 7.50. The molecule has 1 aromatic rings. The van der Waals surface area contributed by atoms with Crippen molar-refractivity contribution < 1.29 is 4.79 Å². The molecule has 0 aliphatic carbocycles. The molecule has 1 rings (SSSR count). The molecule has 0 fully saturated rings. The fourth-order valence-electron chi connectivity index (χ4n) is 1.34. The summed E-state index contributed by atoms with van der Waals surface area (Å²) in [5.74, 6) is 0.926. The van der Waals surface area contributed by atoms with E-state index in [0.29, 0.717) is 13.0 Å². The number of thioether (sulfide) groups is 1. The van der Waals surface area contributed by atoms with Crippen LogP contribution < -0.4 is 11.1 Å². The Morgan fingerprint density at radius 3 is 2.72 bits per heavy atom. The van der Waals surface area contributed by atoms with E-state index in [1.54, 1.807) is 11.8 Å². The molecule has 0 bridgehead atoms. The molecule has 0 saturated heterocycles. The Balaban J connectivity index is 2.11. The molecule has 100 valence electrons. The molecule has 0 aliphatic rings. The minimum Gasteiger partial charge on any atom is -0.355 e. The number of rotatable bonds is 7. The lowest BCUT2D eigenvalue weighted by Crippen LogP contribution is -2.27. The first-order valence-corrected chi connectivity index (χ1v) is 7.35. The van der Waals surface area contributed by atoms with Crippen LogP contribution in [-0.2, 0) is 4.79 Å². The van der Waals surface area contributed by atoms with Gasteiger partial charge in [0.25, 0.3) is 0 Å². The fourth-order valence-corrected chi connectivity index (χ4v) is 2.23. The van der Waals surface area contributed by atoms with E-state index in [1.807, 2.05) is 31.2 Å². The van der Waals surface area contributed by atoms with Crippen LogP contribution in [0.3, 0.4) is 0 Å². The first kappa shape index (κ1) is 15.3. The molecule has 3 nitrogen and oxygen atoms in total. The van der Waals surface area contributed by atoms with E-state index in [-0.39, 0.29) is 11.9 Å². The van der Waals surface area contributed by atoms with Crippen LogP contribution in [0.15, 0.2) is 29.2 Å². The third-order valence-corrected chi connectivity index (χ3v) is 3.60. The Morgan fingerprint density at radius 1 is 1.44 bits per heavy atom. The number of nitrogens with one attached hydrogen (secondary N) is 1. The summed E-state index contributed by atoms with van der Waals surface area (Å²) in [5.41, 5.74) is 5.59. The summed E-state index contributed by atoms with van der Waals surface area (Å²) in [6, 6.07) is 7.77. The highest BCUT2D eigenvalue weighted by Crippen LogP contribution is 2.19. The molecular weight excluding hydrogens is 268 g/mol. The lowest BCUT2D eigenvalue weighted by Gasteiger charge is -2.06. The lowest BCUT2D eigenvalue weighted by molar-refractivity contribution is -0.121. The lowest BCUT2D eigenvalue weighted by atomic mass is 10.2. The van der Waals surface area contributed by atoms with Gasteiger partial charge in [0.05, 0.1) is 0 Å². The molecule has 0 radical (unpaired) electrons. The molecule has 1 aromatic carbocycles. The van der Waals surface area contributed by atoms with E-state index < -0.39 is 0 Å². The number of carbonyl (C=O) groups excluding carboxylic acids is 1. The maximum absolute atomic E-state index is 11.4. The van der Waals surface area contributed by atoms with Gasteiger partial charge in [0.2, 0.25) is 5.91 Å².